The summed E-state index contributed by atoms with van der Waals surface area (Å²) in [6.07, 6.45) is 0.503. The Morgan fingerprint density at radius 2 is 2.24 bits per heavy atom. The highest BCUT2D eigenvalue weighted by Gasteiger charge is 2.32. The van der Waals surface area contributed by atoms with Gasteiger partial charge < -0.3 is 10.6 Å². The van der Waals surface area contributed by atoms with E-state index in [0.717, 1.165) is 5.69 Å². The molecule has 1 unspecified atom stereocenters. The van der Waals surface area contributed by atoms with Gasteiger partial charge in [0.2, 0.25) is 5.91 Å². The van der Waals surface area contributed by atoms with E-state index >= 15 is 0 Å². The number of carbonyl (C=O) groups excluding carboxylic acids is 1. The molecule has 1 aliphatic rings. The van der Waals surface area contributed by atoms with Gasteiger partial charge in [-0.2, -0.15) is 0 Å². The number of hydrogen-bond acceptors (Lipinski definition) is 7. The minimum absolute atomic E-state index is 0.0494. The Labute approximate surface area is 128 Å². The van der Waals surface area contributed by atoms with Gasteiger partial charge in [0.1, 0.15) is 5.82 Å². The maximum atomic E-state index is 12.1. The number of anilines is 1. The van der Waals surface area contributed by atoms with Crippen LogP contribution in [0.15, 0.2) is 11.2 Å². The molecule has 0 spiro atoms. The quantitative estimate of drug-likeness (QED) is 0.616. The highest BCUT2D eigenvalue weighted by atomic mass is 32.2. The molecule has 21 heavy (non-hydrogen) atoms. The zero-order chi connectivity index (χ0) is 15.6. The van der Waals surface area contributed by atoms with Gasteiger partial charge in [0.25, 0.3) is 0 Å². The average molecular weight is 330 g/mol. The number of aromatic nitrogens is 2. The fourth-order valence-corrected chi connectivity index (χ4v) is 4.75. The molecule has 0 saturated carbocycles. The lowest BCUT2D eigenvalue weighted by atomic mass is 10.2. The van der Waals surface area contributed by atoms with Crippen LogP contribution in [0.3, 0.4) is 0 Å². The van der Waals surface area contributed by atoms with E-state index in [-0.39, 0.29) is 29.2 Å². The largest absolute Gasteiger partial charge is 0.384 e. The van der Waals surface area contributed by atoms with Gasteiger partial charge in [0.05, 0.1) is 17.3 Å². The van der Waals surface area contributed by atoms with Crippen molar-refractivity contribution in [2.24, 2.45) is 0 Å². The topological polar surface area (TPSA) is 106 Å². The van der Waals surface area contributed by atoms with E-state index < -0.39 is 9.84 Å². The van der Waals surface area contributed by atoms with Crippen LogP contribution in [-0.2, 0) is 14.6 Å². The molecule has 1 aromatic heterocycles. The van der Waals surface area contributed by atoms with E-state index in [1.165, 1.54) is 16.7 Å². The Balaban J connectivity index is 1.92. The van der Waals surface area contributed by atoms with E-state index in [1.807, 2.05) is 0 Å². The van der Waals surface area contributed by atoms with E-state index in [2.05, 4.69) is 9.97 Å². The van der Waals surface area contributed by atoms with Crippen molar-refractivity contribution in [3.8, 4) is 0 Å². The van der Waals surface area contributed by atoms with Crippen LogP contribution in [0.5, 0.6) is 0 Å². The molecule has 1 aromatic rings. The molecule has 1 fully saturated rings. The predicted octanol–water partition coefficient (Wildman–Crippen LogP) is 0.105. The normalized spacial score (nSPS) is 20.4. The molecular formula is C12H18N4O3S2. The third kappa shape index (κ3) is 4.31. The molecule has 0 radical (unpaired) electrons. The minimum atomic E-state index is -2.99. The summed E-state index contributed by atoms with van der Waals surface area (Å²) >= 11 is 1.20. The van der Waals surface area contributed by atoms with E-state index in [9.17, 15) is 13.2 Å². The molecule has 1 amide bonds. The molecule has 2 rings (SSSR count). The summed E-state index contributed by atoms with van der Waals surface area (Å²) in [5.74, 6) is 0.599. The van der Waals surface area contributed by atoms with Gasteiger partial charge in [0, 0.05) is 24.8 Å². The Hall–Kier alpha value is -1.35. The van der Waals surface area contributed by atoms with Crippen LogP contribution in [0, 0.1) is 6.92 Å². The Morgan fingerprint density at radius 3 is 2.81 bits per heavy atom. The summed E-state index contributed by atoms with van der Waals surface area (Å²) in [5, 5.41) is 0.452. The second-order valence-electron chi connectivity index (χ2n) is 5.07. The Morgan fingerprint density at radius 1 is 1.52 bits per heavy atom. The number of hydrogen-bond donors (Lipinski definition) is 1. The minimum Gasteiger partial charge on any atom is -0.384 e. The van der Waals surface area contributed by atoms with Gasteiger partial charge in [-0.15, -0.1) is 0 Å². The molecule has 1 saturated heterocycles. The molecule has 1 aliphatic heterocycles. The monoisotopic (exact) mass is 330 g/mol. The fourth-order valence-electron chi connectivity index (χ4n) is 2.14. The number of thioether (sulfide) groups is 1. The van der Waals surface area contributed by atoms with Gasteiger partial charge in [-0.05, 0) is 13.3 Å². The average Bonchev–Trinajstić information content (AvgIpc) is 2.74. The maximum absolute atomic E-state index is 12.1. The van der Waals surface area contributed by atoms with Gasteiger partial charge in [-0.1, -0.05) is 11.8 Å². The van der Waals surface area contributed by atoms with E-state index in [0.29, 0.717) is 17.4 Å². The zero-order valence-electron chi connectivity index (χ0n) is 11.9. The number of sulfone groups is 1. The first-order chi connectivity index (χ1) is 9.77. The highest BCUT2D eigenvalue weighted by molar-refractivity contribution is 7.99. The van der Waals surface area contributed by atoms with E-state index in [1.54, 1.807) is 20.0 Å². The number of amides is 1. The van der Waals surface area contributed by atoms with Crippen LogP contribution in [0.2, 0.25) is 0 Å². The highest BCUT2D eigenvalue weighted by Crippen LogP contribution is 2.19. The van der Waals surface area contributed by atoms with Crippen LogP contribution in [0.1, 0.15) is 12.1 Å². The number of rotatable bonds is 4. The summed E-state index contributed by atoms with van der Waals surface area (Å²) in [4.78, 5) is 21.9. The lowest BCUT2D eigenvalue weighted by Crippen LogP contribution is -2.38. The molecule has 0 aliphatic carbocycles. The third-order valence-electron chi connectivity index (χ3n) is 3.33. The van der Waals surface area contributed by atoms with Crippen molar-refractivity contribution in [3.63, 3.8) is 0 Å². The molecule has 2 N–H and O–H groups in total. The van der Waals surface area contributed by atoms with Crippen molar-refractivity contribution in [1.82, 2.24) is 14.9 Å². The van der Waals surface area contributed by atoms with Gasteiger partial charge in [-0.3, -0.25) is 4.79 Å². The maximum Gasteiger partial charge on any atom is 0.233 e. The molecule has 7 nitrogen and oxygen atoms in total. The summed E-state index contributed by atoms with van der Waals surface area (Å²) in [6.45, 7) is 1.80. The van der Waals surface area contributed by atoms with Crippen molar-refractivity contribution in [2.45, 2.75) is 24.5 Å². The molecule has 0 aromatic carbocycles. The van der Waals surface area contributed by atoms with Crippen molar-refractivity contribution in [3.05, 3.63) is 11.8 Å². The van der Waals surface area contributed by atoms with Gasteiger partial charge in [0.15, 0.2) is 15.0 Å². The summed E-state index contributed by atoms with van der Waals surface area (Å²) in [5.41, 5.74) is 6.37. The standard InChI is InChI=1S/C12H18N4O3S2/c1-8-5-10(13)15-12(14-8)20-6-11(17)16(2)9-3-4-21(18,19)7-9/h5,9H,3-4,6-7H2,1-2H3,(H2,13,14,15). The summed E-state index contributed by atoms with van der Waals surface area (Å²) in [6, 6.07) is 1.42. The molecular weight excluding hydrogens is 312 g/mol. The zero-order valence-corrected chi connectivity index (χ0v) is 13.6. The lowest BCUT2D eigenvalue weighted by molar-refractivity contribution is -0.128. The molecule has 9 heteroatoms. The first kappa shape index (κ1) is 16.0. The van der Waals surface area contributed by atoms with Gasteiger partial charge in [-0.25, -0.2) is 18.4 Å². The Kier molecular flexibility index (Phi) is 4.72. The second kappa shape index (κ2) is 6.18. The van der Waals surface area contributed by atoms with Gasteiger partial charge >= 0.3 is 0 Å². The second-order valence-corrected chi connectivity index (χ2v) is 8.24. The van der Waals surface area contributed by atoms with Crippen molar-refractivity contribution in [2.75, 3.05) is 30.0 Å². The van der Waals surface area contributed by atoms with Crippen molar-refractivity contribution >= 4 is 33.3 Å². The SMILES string of the molecule is Cc1cc(N)nc(SCC(=O)N(C)C2CCS(=O)(=O)C2)n1. The predicted molar refractivity (Wildman–Crippen MR) is 81.7 cm³/mol. The van der Waals surface area contributed by atoms with Crippen LogP contribution >= 0.6 is 11.8 Å². The Bertz CT molecular complexity index is 628. The molecule has 2 heterocycles. The number of aryl methyl sites for hydroxylation is 1. The first-order valence-electron chi connectivity index (χ1n) is 6.47. The first-order valence-corrected chi connectivity index (χ1v) is 9.27. The number of nitrogens with zero attached hydrogens (tertiary/aromatic N) is 3. The van der Waals surface area contributed by atoms with Crippen LogP contribution in [-0.4, -0.2) is 59.5 Å². The van der Waals surface area contributed by atoms with Crippen LogP contribution in [0.25, 0.3) is 0 Å². The van der Waals surface area contributed by atoms with E-state index in [4.69, 9.17) is 5.73 Å². The molecule has 116 valence electrons. The number of carbonyl (C=O) groups is 1. The van der Waals surface area contributed by atoms with Crippen LogP contribution in [0.4, 0.5) is 5.82 Å². The molecule has 0 bridgehead atoms. The third-order valence-corrected chi connectivity index (χ3v) is 5.91. The lowest BCUT2D eigenvalue weighted by Gasteiger charge is -2.23. The number of nitrogen functional groups attached to an aromatic ring is 1. The fraction of sp³-hybridized carbons (Fsp3) is 0.583. The smallest absolute Gasteiger partial charge is 0.233 e. The summed E-state index contributed by atoms with van der Waals surface area (Å²) in [7, 11) is -1.36. The number of nitrogens with two attached hydrogens (primary N) is 1. The summed E-state index contributed by atoms with van der Waals surface area (Å²) < 4.78 is 22.9. The van der Waals surface area contributed by atoms with Crippen LogP contribution < -0.4 is 5.73 Å². The van der Waals surface area contributed by atoms with Crippen molar-refractivity contribution < 1.29 is 13.2 Å². The van der Waals surface area contributed by atoms with Crippen molar-refractivity contribution in [1.29, 1.82) is 0 Å². The molecule has 1 atom stereocenters.